The minimum atomic E-state index is 1.03. The number of hydrogen-bond acceptors (Lipinski definition) is 3. The molecule has 0 saturated carbocycles. The molecule has 4 rings (SSSR count). The minimum Gasteiger partial charge on any atom is -0.265 e. The number of benzene rings is 2. The molecule has 0 amide bonds. The summed E-state index contributed by atoms with van der Waals surface area (Å²) in [5.74, 6) is 0. The highest BCUT2D eigenvalue weighted by molar-refractivity contribution is 7.18. The van der Waals surface area contributed by atoms with Crippen molar-refractivity contribution in [3.05, 3.63) is 73.2 Å². The van der Waals surface area contributed by atoms with Gasteiger partial charge in [0.1, 0.15) is 5.01 Å². The average Bonchev–Trinajstić information content (AvgIpc) is 3.05. The van der Waals surface area contributed by atoms with Crippen molar-refractivity contribution in [1.82, 2.24) is 9.97 Å². The number of nitrogens with zero attached hydrogens (tertiary/aromatic N) is 2. The molecule has 2 nitrogen and oxygen atoms in total. The normalized spacial score (nSPS) is 10.9. The summed E-state index contributed by atoms with van der Waals surface area (Å²) in [5.41, 5.74) is 2.35. The van der Waals surface area contributed by atoms with E-state index in [0.29, 0.717) is 0 Å². The molecule has 0 radical (unpaired) electrons. The number of fused-ring (bicyclic) bond motifs is 1. The van der Waals surface area contributed by atoms with E-state index in [2.05, 4.69) is 52.4 Å². The van der Waals surface area contributed by atoms with Crippen LogP contribution in [0.1, 0.15) is 0 Å². The number of aromatic nitrogens is 2. The van der Waals surface area contributed by atoms with Gasteiger partial charge in [-0.3, -0.25) is 4.98 Å². The van der Waals surface area contributed by atoms with Crippen molar-refractivity contribution in [2.45, 2.75) is 0 Å². The Morgan fingerprint density at radius 2 is 1.62 bits per heavy atom. The smallest absolute Gasteiger partial charge is 0.123 e. The molecular weight excluding hydrogens is 276 g/mol. The van der Waals surface area contributed by atoms with Crippen molar-refractivity contribution in [3.8, 4) is 21.0 Å². The lowest BCUT2D eigenvalue weighted by molar-refractivity contribution is 1.32. The van der Waals surface area contributed by atoms with Crippen LogP contribution in [0.15, 0.2) is 73.2 Å². The highest BCUT2D eigenvalue weighted by Gasteiger charge is 2.08. The fraction of sp³-hybridized carbons (Fsp3) is 0. The molecule has 0 spiro atoms. The van der Waals surface area contributed by atoms with Crippen LogP contribution in [0.2, 0.25) is 0 Å². The van der Waals surface area contributed by atoms with Gasteiger partial charge in [-0.1, -0.05) is 42.5 Å². The van der Waals surface area contributed by atoms with Crippen LogP contribution in [0.25, 0.3) is 31.8 Å². The monoisotopic (exact) mass is 288 g/mol. The van der Waals surface area contributed by atoms with E-state index in [1.54, 1.807) is 23.7 Å². The Bertz CT molecular complexity index is 892. The zero-order valence-electron chi connectivity index (χ0n) is 11.2. The molecule has 0 aliphatic heterocycles. The van der Waals surface area contributed by atoms with E-state index < -0.39 is 0 Å². The Morgan fingerprint density at radius 1 is 0.810 bits per heavy atom. The summed E-state index contributed by atoms with van der Waals surface area (Å²) in [5, 5.41) is 3.55. The molecule has 2 aromatic carbocycles. The second-order valence-electron chi connectivity index (χ2n) is 4.79. The quantitative estimate of drug-likeness (QED) is 0.517. The van der Waals surface area contributed by atoms with Crippen LogP contribution < -0.4 is 0 Å². The van der Waals surface area contributed by atoms with Gasteiger partial charge in [-0.25, -0.2) is 4.98 Å². The molecule has 3 heteroatoms. The Hall–Kier alpha value is -2.52. The summed E-state index contributed by atoms with van der Waals surface area (Å²) in [6.07, 6.45) is 5.56. The van der Waals surface area contributed by atoms with Crippen molar-refractivity contribution >= 4 is 22.1 Å². The van der Waals surface area contributed by atoms with Gasteiger partial charge in [-0.05, 0) is 22.9 Å². The van der Waals surface area contributed by atoms with Gasteiger partial charge >= 0.3 is 0 Å². The molecule has 100 valence electrons. The van der Waals surface area contributed by atoms with E-state index in [4.69, 9.17) is 0 Å². The van der Waals surface area contributed by atoms with Crippen molar-refractivity contribution in [2.75, 3.05) is 0 Å². The number of thiazole rings is 1. The predicted molar refractivity (Wildman–Crippen MR) is 88.3 cm³/mol. The SMILES string of the molecule is c1ccc2c(-c3cnc(-c4ccncc4)s3)cccc2c1. The van der Waals surface area contributed by atoms with E-state index in [-0.39, 0.29) is 0 Å². The van der Waals surface area contributed by atoms with Crippen molar-refractivity contribution in [2.24, 2.45) is 0 Å². The third-order valence-corrected chi connectivity index (χ3v) is 4.57. The molecule has 0 atom stereocenters. The lowest BCUT2D eigenvalue weighted by Gasteiger charge is -2.03. The van der Waals surface area contributed by atoms with Crippen LogP contribution in [0.5, 0.6) is 0 Å². The first-order valence-electron chi connectivity index (χ1n) is 6.76. The van der Waals surface area contributed by atoms with Crippen LogP contribution in [-0.4, -0.2) is 9.97 Å². The molecule has 0 saturated heterocycles. The lowest BCUT2D eigenvalue weighted by Crippen LogP contribution is -1.77. The Balaban J connectivity index is 1.85. The maximum Gasteiger partial charge on any atom is 0.123 e. The van der Waals surface area contributed by atoms with Crippen LogP contribution in [0, 0.1) is 0 Å². The maximum absolute atomic E-state index is 4.56. The van der Waals surface area contributed by atoms with Crippen LogP contribution in [0.4, 0.5) is 0 Å². The van der Waals surface area contributed by atoms with E-state index >= 15 is 0 Å². The van der Waals surface area contributed by atoms with Crippen molar-refractivity contribution in [3.63, 3.8) is 0 Å². The predicted octanol–water partition coefficient (Wildman–Crippen LogP) is 5.03. The third kappa shape index (κ3) is 2.22. The van der Waals surface area contributed by atoms with E-state index in [0.717, 1.165) is 10.6 Å². The second-order valence-corrected chi connectivity index (χ2v) is 5.82. The second kappa shape index (κ2) is 5.11. The molecule has 2 aromatic heterocycles. The summed E-state index contributed by atoms with van der Waals surface area (Å²) in [4.78, 5) is 9.81. The van der Waals surface area contributed by atoms with Gasteiger partial charge in [0, 0.05) is 29.7 Å². The van der Waals surface area contributed by atoms with Gasteiger partial charge in [0.25, 0.3) is 0 Å². The topological polar surface area (TPSA) is 25.8 Å². The fourth-order valence-corrected chi connectivity index (χ4v) is 3.43. The minimum absolute atomic E-state index is 1.03. The largest absolute Gasteiger partial charge is 0.265 e. The van der Waals surface area contributed by atoms with Gasteiger partial charge in [-0.2, -0.15) is 0 Å². The summed E-state index contributed by atoms with van der Waals surface area (Å²) < 4.78 is 0. The molecule has 21 heavy (non-hydrogen) atoms. The number of rotatable bonds is 2. The van der Waals surface area contributed by atoms with Gasteiger partial charge in [0.05, 0.1) is 4.88 Å². The molecule has 4 aromatic rings. The molecule has 0 unspecified atom stereocenters. The molecule has 0 fully saturated rings. The fourth-order valence-electron chi connectivity index (χ4n) is 2.47. The molecule has 0 aliphatic rings. The zero-order chi connectivity index (χ0) is 14.1. The molecular formula is C18H12N2S. The molecule has 2 heterocycles. The first-order chi connectivity index (χ1) is 10.4. The Kier molecular flexibility index (Phi) is 2.98. The third-order valence-electron chi connectivity index (χ3n) is 3.49. The summed E-state index contributed by atoms with van der Waals surface area (Å²) >= 11 is 1.72. The molecule has 0 N–H and O–H groups in total. The first-order valence-corrected chi connectivity index (χ1v) is 7.58. The highest BCUT2D eigenvalue weighted by Crippen LogP contribution is 2.35. The maximum atomic E-state index is 4.56. The van der Waals surface area contributed by atoms with Crippen LogP contribution in [0.3, 0.4) is 0 Å². The first kappa shape index (κ1) is 12.2. The average molecular weight is 288 g/mol. The van der Waals surface area contributed by atoms with Gasteiger partial charge in [0.2, 0.25) is 0 Å². The zero-order valence-corrected chi connectivity index (χ0v) is 12.0. The van der Waals surface area contributed by atoms with Crippen LogP contribution in [-0.2, 0) is 0 Å². The summed E-state index contributed by atoms with van der Waals surface area (Å²) in [6, 6.07) is 18.8. The highest BCUT2D eigenvalue weighted by atomic mass is 32.1. The van der Waals surface area contributed by atoms with E-state index in [9.17, 15) is 0 Å². The van der Waals surface area contributed by atoms with Gasteiger partial charge < -0.3 is 0 Å². The summed E-state index contributed by atoms with van der Waals surface area (Å²) in [6.45, 7) is 0. The van der Waals surface area contributed by atoms with E-state index in [1.807, 2.05) is 18.3 Å². The van der Waals surface area contributed by atoms with E-state index in [1.165, 1.54) is 21.2 Å². The number of pyridine rings is 1. The van der Waals surface area contributed by atoms with Crippen molar-refractivity contribution < 1.29 is 0 Å². The van der Waals surface area contributed by atoms with Crippen LogP contribution >= 0.6 is 11.3 Å². The standard InChI is InChI=1S/C18H12N2S/c1-2-6-15-13(4-1)5-3-7-16(15)17-12-20-18(21-17)14-8-10-19-11-9-14/h1-12H. The molecule has 0 aliphatic carbocycles. The van der Waals surface area contributed by atoms with Gasteiger partial charge in [-0.15, -0.1) is 11.3 Å². The van der Waals surface area contributed by atoms with Gasteiger partial charge in [0.15, 0.2) is 0 Å². The number of hydrogen-bond donors (Lipinski definition) is 0. The Labute approximate surface area is 126 Å². The molecule has 0 bridgehead atoms. The summed E-state index contributed by atoms with van der Waals surface area (Å²) in [7, 11) is 0. The van der Waals surface area contributed by atoms with Crippen molar-refractivity contribution in [1.29, 1.82) is 0 Å². The Morgan fingerprint density at radius 3 is 2.52 bits per heavy atom. The lowest BCUT2D eigenvalue weighted by atomic mass is 10.0.